The van der Waals surface area contributed by atoms with Gasteiger partial charge in [-0.1, -0.05) is 30.3 Å². The van der Waals surface area contributed by atoms with Crippen LogP contribution in [-0.4, -0.2) is 29.8 Å². The smallest absolute Gasteiger partial charge is 0.356 e. The quantitative estimate of drug-likeness (QED) is 0.824. The Hall–Kier alpha value is -1.72. The number of methoxy groups -OCH3 is 1. The number of carbonyl (C=O) groups is 1. The second-order valence-corrected chi connectivity index (χ2v) is 5.14. The predicted octanol–water partition coefficient (Wildman–Crippen LogP) is 3.09. The Morgan fingerprint density at radius 1 is 1.37 bits per heavy atom. The summed E-state index contributed by atoms with van der Waals surface area (Å²) in [5.41, 5.74) is 1.04. The minimum Gasteiger partial charge on any atom is -0.476 e. The van der Waals surface area contributed by atoms with Crippen LogP contribution in [0.3, 0.4) is 0 Å². The highest BCUT2D eigenvalue weighted by Crippen LogP contribution is 2.30. The molecule has 0 aliphatic carbocycles. The van der Waals surface area contributed by atoms with Crippen LogP contribution in [0.15, 0.2) is 30.3 Å². The fourth-order valence-corrected chi connectivity index (χ4v) is 2.87. The highest BCUT2D eigenvalue weighted by Gasteiger charge is 2.18. The molecule has 4 nitrogen and oxygen atoms in total. The molecule has 0 saturated carbocycles. The SMILES string of the molecule is COCCCc1nc(C(=O)O)c(-c2ccccc2)s1. The third kappa shape index (κ3) is 3.39. The monoisotopic (exact) mass is 277 g/mol. The van der Waals surface area contributed by atoms with Gasteiger partial charge in [-0.25, -0.2) is 9.78 Å². The molecule has 0 radical (unpaired) electrons. The average molecular weight is 277 g/mol. The van der Waals surface area contributed by atoms with Crippen LogP contribution >= 0.6 is 11.3 Å². The summed E-state index contributed by atoms with van der Waals surface area (Å²) in [4.78, 5) is 16.2. The number of hydrogen-bond donors (Lipinski definition) is 1. The Morgan fingerprint density at radius 3 is 2.74 bits per heavy atom. The highest BCUT2D eigenvalue weighted by molar-refractivity contribution is 7.15. The molecule has 0 spiro atoms. The van der Waals surface area contributed by atoms with Gasteiger partial charge in [-0.05, 0) is 12.0 Å². The van der Waals surface area contributed by atoms with Crippen molar-refractivity contribution >= 4 is 17.3 Å². The second-order valence-electron chi connectivity index (χ2n) is 4.05. The molecule has 0 bridgehead atoms. The van der Waals surface area contributed by atoms with E-state index in [2.05, 4.69) is 4.98 Å². The molecule has 2 aromatic rings. The van der Waals surface area contributed by atoms with Crippen molar-refractivity contribution < 1.29 is 14.6 Å². The van der Waals surface area contributed by atoms with E-state index in [0.717, 1.165) is 28.3 Å². The summed E-state index contributed by atoms with van der Waals surface area (Å²) in [6, 6.07) is 9.50. The van der Waals surface area contributed by atoms with Crippen molar-refractivity contribution in [1.82, 2.24) is 4.98 Å². The normalized spacial score (nSPS) is 10.6. The molecule has 0 fully saturated rings. The Labute approximate surface area is 115 Å². The van der Waals surface area contributed by atoms with Crippen LogP contribution in [0.5, 0.6) is 0 Å². The largest absolute Gasteiger partial charge is 0.476 e. The number of rotatable bonds is 6. The number of thiazole rings is 1. The first-order chi connectivity index (χ1) is 9.22. The third-order valence-corrected chi connectivity index (χ3v) is 3.81. The van der Waals surface area contributed by atoms with E-state index in [-0.39, 0.29) is 5.69 Å². The van der Waals surface area contributed by atoms with Crippen molar-refractivity contribution in [2.75, 3.05) is 13.7 Å². The van der Waals surface area contributed by atoms with Gasteiger partial charge >= 0.3 is 5.97 Å². The first kappa shape index (κ1) is 13.7. The van der Waals surface area contributed by atoms with Crippen LogP contribution in [0, 0.1) is 0 Å². The van der Waals surface area contributed by atoms with Gasteiger partial charge in [0.05, 0.1) is 9.88 Å². The summed E-state index contributed by atoms with van der Waals surface area (Å²) in [5.74, 6) is -0.979. The molecule has 0 unspecified atom stereocenters. The standard InChI is InChI=1S/C14H15NO3S/c1-18-9-5-8-11-15-12(14(16)17)13(19-11)10-6-3-2-4-7-10/h2-4,6-7H,5,8-9H2,1H3,(H,16,17). The van der Waals surface area contributed by atoms with Crippen LogP contribution in [0.4, 0.5) is 0 Å². The van der Waals surface area contributed by atoms with Crippen LogP contribution in [-0.2, 0) is 11.2 Å². The molecule has 0 atom stereocenters. The summed E-state index contributed by atoms with van der Waals surface area (Å²) in [7, 11) is 1.65. The number of ether oxygens (including phenoxy) is 1. The number of benzene rings is 1. The number of carboxylic acid groups (broad SMARTS) is 1. The van der Waals surface area contributed by atoms with Gasteiger partial charge in [-0.2, -0.15) is 0 Å². The lowest BCUT2D eigenvalue weighted by Gasteiger charge is -1.97. The van der Waals surface area contributed by atoms with Crippen molar-refractivity contribution in [3.05, 3.63) is 41.0 Å². The molecule has 0 amide bonds. The van der Waals surface area contributed by atoms with E-state index in [4.69, 9.17) is 4.74 Å². The van der Waals surface area contributed by atoms with Crippen LogP contribution in [0.2, 0.25) is 0 Å². The number of aryl methyl sites for hydroxylation is 1. The molecule has 5 heteroatoms. The maximum Gasteiger partial charge on any atom is 0.356 e. The lowest BCUT2D eigenvalue weighted by atomic mass is 10.1. The van der Waals surface area contributed by atoms with E-state index in [9.17, 15) is 9.90 Å². The predicted molar refractivity (Wildman–Crippen MR) is 74.7 cm³/mol. The second kappa shape index (κ2) is 6.45. The van der Waals surface area contributed by atoms with E-state index in [1.807, 2.05) is 30.3 Å². The lowest BCUT2D eigenvalue weighted by Crippen LogP contribution is -1.99. The zero-order valence-corrected chi connectivity index (χ0v) is 11.4. The molecule has 100 valence electrons. The van der Waals surface area contributed by atoms with E-state index in [0.29, 0.717) is 6.61 Å². The van der Waals surface area contributed by atoms with Gasteiger partial charge in [0, 0.05) is 20.1 Å². The number of aromatic nitrogens is 1. The van der Waals surface area contributed by atoms with Crippen molar-refractivity contribution in [2.24, 2.45) is 0 Å². The first-order valence-corrected chi connectivity index (χ1v) is 6.81. The third-order valence-electron chi connectivity index (χ3n) is 2.65. The number of aromatic carboxylic acids is 1. The van der Waals surface area contributed by atoms with Crippen molar-refractivity contribution in [1.29, 1.82) is 0 Å². The summed E-state index contributed by atoms with van der Waals surface area (Å²) < 4.78 is 4.99. The molecule has 1 aromatic carbocycles. The van der Waals surface area contributed by atoms with E-state index < -0.39 is 5.97 Å². The Balaban J connectivity index is 2.29. The fourth-order valence-electron chi connectivity index (χ4n) is 1.77. The van der Waals surface area contributed by atoms with E-state index in [1.54, 1.807) is 7.11 Å². The summed E-state index contributed by atoms with van der Waals surface area (Å²) in [6.07, 6.45) is 1.59. The summed E-state index contributed by atoms with van der Waals surface area (Å²) in [5, 5.41) is 10.1. The molecular formula is C14H15NO3S. The van der Waals surface area contributed by atoms with Crippen LogP contribution < -0.4 is 0 Å². The number of hydrogen-bond acceptors (Lipinski definition) is 4. The average Bonchev–Trinajstić information content (AvgIpc) is 2.84. The summed E-state index contributed by atoms with van der Waals surface area (Å²) in [6.45, 7) is 0.655. The Bertz CT molecular complexity index is 551. The zero-order valence-electron chi connectivity index (χ0n) is 10.6. The van der Waals surface area contributed by atoms with Crippen molar-refractivity contribution in [3.63, 3.8) is 0 Å². The first-order valence-electron chi connectivity index (χ1n) is 5.99. The van der Waals surface area contributed by atoms with E-state index in [1.165, 1.54) is 11.3 Å². The van der Waals surface area contributed by atoms with Gasteiger partial charge in [-0.15, -0.1) is 11.3 Å². The minimum absolute atomic E-state index is 0.142. The van der Waals surface area contributed by atoms with Gasteiger partial charge in [-0.3, -0.25) is 0 Å². The molecule has 19 heavy (non-hydrogen) atoms. The summed E-state index contributed by atoms with van der Waals surface area (Å²) >= 11 is 1.44. The molecule has 0 aliphatic heterocycles. The molecule has 0 aliphatic rings. The topological polar surface area (TPSA) is 59.4 Å². The fraction of sp³-hybridized carbons (Fsp3) is 0.286. The van der Waals surface area contributed by atoms with Crippen LogP contribution in [0.1, 0.15) is 21.9 Å². The lowest BCUT2D eigenvalue weighted by molar-refractivity contribution is 0.0692. The van der Waals surface area contributed by atoms with Gasteiger partial charge in [0.2, 0.25) is 0 Å². The molecule has 2 rings (SSSR count). The molecule has 1 N–H and O–H groups in total. The number of nitrogens with zero attached hydrogens (tertiary/aromatic N) is 1. The number of carboxylic acids is 1. The zero-order chi connectivity index (χ0) is 13.7. The van der Waals surface area contributed by atoms with Crippen molar-refractivity contribution in [2.45, 2.75) is 12.8 Å². The van der Waals surface area contributed by atoms with Crippen LogP contribution in [0.25, 0.3) is 10.4 Å². The van der Waals surface area contributed by atoms with Gasteiger partial charge in [0.1, 0.15) is 0 Å². The van der Waals surface area contributed by atoms with E-state index >= 15 is 0 Å². The molecule has 1 aromatic heterocycles. The minimum atomic E-state index is -0.979. The molecular weight excluding hydrogens is 262 g/mol. The van der Waals surface area contributed by atoms with Gasteiger partial charge < -0.3 is 9.84 Å². The van der Waals surface area contributed by atoms with Gasteiger partial charge in [0.25, 0.3) is 0 Å². The highest BCUT2D eigenvalue weighted by atomic mass is 32.1. The Kier molecular flexibility index (Phi) is 4.65. The maximum atomic E-state index is 11.3. The maximum absolute atomic E-state index is 11.3. The van der Waals surface area contributed by atoms with Gasteiger partial charge in [0.15, 0.2) is 5.69 Å². The van der Waals surface area contributed by atoms with Crippen molar-refractivity contribution in [3.8, 4) is 10.4 Å². The molecule has 0 saturated heterocycles. The Morgan fingerprint density at radius 2 is 2.11 bits per heavy atom. The molecule has 1 heterocycles.